The molecule has 0 bridgehead atoms. The molecule has 0 spiro atoms. The molecule has 2 rings (SSSR count). The first kappa shape index (κ1) is 14.1. The highest BCUT2D eigenvalue weighted by Gasteiger charge is 2.12. The molecule has 106 valence electrons. The number of anilines is 2. The molecule has 1 amide bonds. The normalized spacial score (nSPS) is 10.3. The maximum Gasteiger partial charge on any atom is 0.257 e. The van der Waals surface area contributed by atoms with Gasteiger partial charge in [-0.3, -0.25) is 9.48 Å². The standard InChI is InChI=1S/C15H20N4O/c1-4-7-16-14-8-11(2)5-6-13(14)15(20)18-12-9-17-19(3)10-12/h5-6,8-10,16H,4,7H2,1-3H3,(H,18,20). The number of benzene rings is 1. The van der Waals surface area contributed by atoms with E-state index in [0.717, 1.165) is 24.2 Å². The third kappa shape index (κ3) is 3.38. The average Bonchev–Trinajstić information content (AvgIpc) is 2.81. The lowest BCUT2D eigenvalue weighted by Crippen LogP contribution is -2.15. The first-order valence-corrected chi connectivity index (χ1v) is 6.74. The molecule has 2 N–H and O–H groups in total. The molecule has 0 saturated carbocycles. The van der Waals surface area contributed by atoms with E-state index in [1.165, 1.54) is 0 Å². The molecular formula is C15H20N4O. The summed E-state index contributed by atoms with van der Waals surface area (Å²) >= 11 is 0. The molecule has 1 aromatic heterocycles. The van der Waals surface area contributed by atoms with E-state index >= 15 is 0 Å². The number of nitrogens with one attached hydrogen (secondary N) is 2. The van der Waals surface area contributed by atoms with Crippen LogP contribution in [0.2, 0.25) is 0 Å². The van der Waals surface area contributed by atoms with Crippen LogP contribution in [-0.2, 0) is 7.05 Å². The number of hydrogen-bond acceptors (Lipinski definition) is 3. The average molecular weight is 272 g/mol. The van der Waals surface area contributed by atoms with Crippen molar-refractivity contribution in [3.63, 3.8) is 0 Å². The molecule has 0 aliphatic heterocycles. The number of amides is 1. The molecule has 20 heavy (non-hydrogen) atoms. The summed E-state index contributed by atoms with van der Waals surface area (Å²) in [7, 11) is 1.82. The van der Waals surface area contributed by atoms with Gasteiger partial charge in [0.05, 0.1) is 17.4 Å². The molecule has 2 aromatic rings. The number of carbonyl (C=O) groups excluding carboxylic acids is 1. The molecule has 0 aliphatic rings. The van der Waals surface area contributed by atoms with Gasteiger partial charge >= 0.3 is 0 Å². The Kier molecular flexibility index (Phi) is 4.40. The monoisotopic (exact) mass is 272 g/mol. The molecular weight excluding hydrogens is 252 g/mol. The highest BCUT2D eigenvalue weighted by molar-refractivity contribution is 6.08. The fraction of sp³-hybridized carbons (Fsp3) is 0.333. The van der Waals surface area contributed by atoms with Crippen molar-refractivity contribution in [1.82, 2.24) is 9.78 Å². The second-order valence-electron chi connectivity index (χ2n) is 4.83. The van der Waals surface area contributed by atoms with E-state index < -0.39 is 0 Å². The van der Waals surface area contributed by atoms with E-state index in [0.29, 0.717) is 11.3 Å². The molecule has 0 fully saturated rings. The Morgan fingerprint density at radius 1 is 1.40 bits per heavy atom. The molecule has 1 heterocycles. The Morgan fingerprint density at radius 3 is 2.85 bits per heavy atom. The van der Waals surface area contributed by atoms with Gasteiger partial charge in [-0.1, -0.05) is 13.0 Å². The number of aromatic nitrogens is 2. The quantitative estimate of drug-likeness (QED) is 0.880. The highest BCUT2D eigenvalue weighted by Crippen LogP contribution is 2.19. The Labute approximate surface area is 119 Å². The van der Waals surface area contributed by atoms with Gasteiger partial charge in [0.1, 0.15) is 0 Å². The number of rotatable bonds is 5. The van der Waals surface area contributed by atoms with Crippen molar-refractivity contribution in [3.8, 4) is 0 Å². The van der Waals surface area contributed by atoms with Gasteiger partial charge in [-0.15, -0.1) is 0 Å². The van der Waals surface area contributed by atoms with E-state index in [2.05, 4.69) is 22.7 Å². The van der Waals surface area contributed by atoms with E-state index in [9.17, 15) is 4.79 Å². The van der Waals surface area contributed by atoms with Crippen LogP contribution in [0.15, 0.2) is 30.6 Å². The lowest BCUT2D eigenvalue weighted by atomic mass is 10.1. The van der Waals surface area contributed by atoms with Gasteiger partial charge in [0.2, 0.25) is 0 Å². The number of aryl methyl sites for hydroxylation is 2. The van der Waals surface area contributed by atoms with Crippen LogP contribution in [0, 0.1) is 6.92 Å². The Balaban J connectivity index is 2.19. The van der Waals surface area contributed by atoms with Crippen molar-refractivity contribution in [2.45, 2.75) is 20.3 Å². The van der Waals surface area contributed by atoms with Crippen molar-refractivity contribution in [1.29, 1.82) is 0 Å². The Bertz CT molecular complexity index is 604. The maximum atomic E-state index is 12.3. The predicted molar refractivity (Wildman–Crippen MR) is 81.1 cm³/mol. The summed E-state index contributed by atoms with van der Waals surface area (Å²) in [5.41, 5.74) is 3.34. The molecule has 5 heteroatoms. The second kappa shape index (κ2) is 6.23. The summed E-state index contributed by atoms with van der Waals surface area (Å²) < 4.78 is 1.65. The third-order valence-corrected chi connectivity index (χ3v) is 2.95. The summed E-state index contributed by atoms with van der Waals surface area (Å²) in [4.78, 5) is 12.3. The van der Waals surface area contributed by atoms with E-state index in [4.69, 9.17) is 0 Å². The van der Waals surface area contributed by atoms with Gasteiger partial charge in [0, 0.05) is 25.5 Å². The summed E-state index contributed by atoms with van der Waals surface area (Å²) in [5.74, 6) is -0.128. The topological polar surface area (TPSA) is 59.0 Å². The Morgan fingerprint density at radius 2 is 2.20 bits per heavy atom. The lowest BCUT2D eigenvalue weighted by Gasteiger charge is -2.12. The number of nitrogens with zero attached hydrogens (tertiary/aromatic N) is 2. The van der Waals surface area contributed by atoms with Crippen LogP contribution >= 0.6 is 0 Å². The van der Waals surface area contributed by atoms with Gasteiger partial charge in [-0.05, 0) is 31.0 Å². The van der Waals surface area contributed by atoms with Gasteiger partial charge in [-0.25, -0.2) is 0 Å². The largest absolute Gasteiger partial charge is 0.384 e. The molecule has 1 aromatic carbocycles. The molecule has 0 unspecified atom stereocenters. The van der Waals surface area contributed by atoms with Crippen molar-refractivity contribution < 1.29 is 4.79 Å². The smallest absolute Gasteiger partial charge is 0.257 e. The summed E-state index contributed by atoms with van der Waals surface area (Å²) in [5, 5.41) is 10.2. The minimum atomic E-state index is -0.128. The van der Waals surface area contributed by atoms with Crippen molar-refractivity contribution in [2.24, 2.45) is 7.05 Å². The van der Waals surface area contributed by atoms with Crippen molar-refractivity contribution in [2.75, 3.05) is 17.2 Å². The zero-order valence-corrected chi connectivity index (χ0v) is 12.1. The van der Waals surface area contributed by atoms with Gasteiger partial charge < -0.3 is 10.6 Å². The summed E-state index contributed by atoms with van der Waals surface area (Å²) in [6, 6.07) is 5.78. The van der Waals surface area contributed by atoms with Crippen LogP contribution < -0.4 is 10.6 Å². The molecule has 0 atom stereocenters. The first-order valence-electron chi connectivity index (χ1n) is 6.74. The fourth-order valence-electron chi connectivity index (χ4n) is 1.95. The minimum Gasteiger partial charge on any atom is -0.384 e. The maximum absolute atomic E-state index is 12.3. The predicted octanol–water partition coefficient (Wildman–Crippen LogP) is 2.80. The first-order chi connectivity index (χ1) is 9.60. The molecule has 0 aliphatic carbocycles. The van der Waals surface area contributed by atoms with Gasteiger partial charge in [-0.2, -0.15) is 5.10 Å². The zero-order chi connectivity index (χ0) is 14.5. The molecule has 0 radical (unpaired) electrons. The zero-order valence-electron chi connectivity index (χ0n) is 12.1. The van der Waals surface area contributed by atoms with E-state index in [-0.39, 0.29) is 5.91 Å². The second-order valence-corrected chi connectivity index (χ2v) is 4.83. The lowest BCUT2D eigenvalue weighted by molar-refractivity contribution is 0.102. The van der Waals surface area contributed by atoms with Crippen LogP contribution in [0.1, 0.15) is 29.3 Å². The molecule has 5 nitrogen and oxygen atoms in total. The fourth-order valence-corrected chi connectivity index (χ4v) is 1.95. The van der Waals surface area contributed by atoms with Crippen molar-refractivity contribution >= 4 is 17.3 Å². The van der Waals surface area contributed by atoms with Gasteiger partial charge in [0.25, 0.3) is 5.91 Å². The minimum absolute atomic E-state index is 0.128. The number of hydrogen-bond donors (Lipinski definition) is 2. The number of carbonyl (C=O) groups is 1. The summed E-state index contributed by atoms with van der Waals surface area (Å²) in [6.07, 6.45) is 4.41. The van der Waals surface area contributed by atoms with Crippen LogP contribution in [0.4, 0.5) is 11.4 Å². The summed E-state index contributed by atoms with van der Waals surface area (Å²) in [6.45, 7) is 4.95. The molecule has 0 saturated heterocycles. The Hall–Kier alpha value is -2.30. The van der Waals surface area contributed by atoms with E-state index in [1.54, 1.807) is 17.1 Å². The highest BCUT2D eigenvalue weighted by atomic mass is 16.1. The van der Waals surface area contributed by atoms with Crippen molar-refractivity contribution in [3.05, 3.63) is 41.7 Å². The van der Waals surface area contributed by atoms with Gasteiger partial charge in [0.15, 0.2) is 0 Å². The van der Waals surface area contributed by atoms with Crippen LogP contribution in [0.3, 0.4) is 0 Å². The van der Waals surface area contributed by atoms with Crippen LogP contribution in [0.25, 0.3) is 0 Å². The third-order valence-electron chi connectivity index (χ3n) is 2.95. The van der Waals surface area contributed by atoms with Crippen LogP contribution in [-0.4, -0.2) is 22.2 Å². The SMILES string of the molecule is CCCNc1cc(C)ccc1C(=O)Nc1cnn(C)c1. The van der Waals surface area contributed by atoms with Crippen LogP contribution in [0.5, 0.6) is 0 Å². The van der Waals surface area contributed by atoms with E-state index in [1.807, 2.05) is 32.2 Å².